The van der Waals surface area contributed by atoms with Gasteiger partial charge in [-0.15, -0.1) is 5.10 Å². The van der Waals surface area contributed by atoms with Crippen molar-refractivity contribution in [3.05, 3.63) is 5.82 Å². The Labute approximate surface area is 112 Å². The SMILES string of the molecule is COCCNCc1nnnn1C1CCS(=O)(=O)CC1. The Morgan fingerprint density at radius 2 is 2.16 bits per heavy atom. The average Bonchev–Trinajstić information content (AvgIpc) is 2.83. The van der Waals surface area contributed by atoms with Crippen molar-refractivity contribution in [2.45, 2.75) is 25.4 Å². The summed E-state index contributed by atoms with van der Waals surface area (Å²) in [6.07, 6.45) is 1.16. The highest BCUT2D eigenvalue weighted by Gasteiger charge is 2.27. The van der Waals surface area contributed by atoms with Crippen LogP contribution in [0.4, 0.5) is 0 Å². The first kappa shape index (κ1) is 14.4. The Hall–Kier alpha value is -1.06. The van der Waals surface area contributed by atoms with Gasteiger partial charge in [0, 0.05) is 13.7 Å². The quantitative estimate of drug-likeness (QED) is 0.682. The Morgan fingerprint density at radius 1 is 1.42 bits per heavy atom. The fourth-order valence-corrected chi connectivity index (χ4v) is 3.58. The number of methoxy groups -OCH3 is 1. The molecule has 0 atom stereocenters. The molecule has 1 N–H and O–H groups in total. The number of ether oxygens (including phenoxy) is 1. The van der Waals surface area contributed by atoms with Crippen molar-refractivity contribution in [1.82, 2.24) is 25.5 Å². The molecule has 1 aliphatic heterocycles. The first-order valence-electron chi connectivity index (χ1n) is 6.29. The van der Waals surface area contributed by atoms with Crippen molar-refractivity contribution >= 4 is 9.84 Å². The third-order valence-corrected chi connectivity index (χ3v) is 4.91. The molecule has 1 fully saturated rings. The number of aromatic nitrogens is 4. The van der Waals surface area contributed by atoms with Gasteiger partial charge in [0.2, 0.25) is 0 Å². The van der Waals surface area contributed by atoms with Gasteiger partial charge in [-0.1, -0.05) is 0 Å². The number of nitrogens with one attached hydrogen (secondary N) is 1. The minimum absolute atomic E-state index is 0.0813. The molecular weight excluding hydrogens is 270 g/mol. The second kappa shape index (κ2) is 6.40. The predicted molar refractivity (Wildman–Crippen MR) is 68.3 cm³/mol. The van der Waals surface area contributed by atoms with Gasteiger partial charge in [0.05, 0.1) is 30.7 Å². The largest absolute Gasteiger partial charge is 0.383 e. The lowest BCUT2D eigenvalue weighted by atomic mass is 10.1. The number of nitrogens with zero attached hydrogens (tertiary/aromatic N) is 4. The van der Waals surface area contributed by atoms with Crippen LogP contribution in [-0.2, 0) is 21.1 Å². The van der Waals surface area contributed by atoms with Gasteiger partial charge in [-0.25, -0.2) is 13.1 Å². The maximum atomic E-state index is 11.4. The summed E-state index contributed by atoms with van der Waals surface area (Å²) in [6, 6.07) is 0.0813. The third-order valence-electron chi connectivity index (χ3n) is 3.20. The summed E-state index contributed by atoms with van der Waals surface area (Å²) >= 11 is 0. The van der Waals surface area contributed by atoms with E-state index < -0.39 is 9.84 Å². The molecular formula is C10H19N5O3S. The van der Waals surface area contributed by atoms with Crippen LogP contribution in [0.15, 0.2) is 0 Å². The Bertz CT molecular complexity index is 487. The fraction of sp³-hybridized carbons (Fsp3) is 0.900. The van der Waals surface area contributed by atoms with Gasteiger partial charge in [-0.3, -0.25) is 0 Å². The van der Waals surface area contributed by atoms with Crippen molar-refractivity contribution in [3.8, 4) is 0 Å². The molecule has 0 radical (unpaired) electrons. The molecule has 2 heterocycles. The van der Waals surface area contributed by atoms with Crippen molar-refractivity contribution in [1.29, 1.82) is 0 Å². The maximum absolute atomic E-state index is 11.4. The zero-order valence-electron chi connectivity index (χ0n) is 10.9. The number of tetrazole rings is 1. The van der Waals surface area contributed by atoms with Crippen LogP contribution in [0.1, 0.15) is 24.7 Å². The molecule has 0 amide bonds. The summed E-state index contributed by atoms with van der Waals surface area (Å²) in [7, 11) is -1.21. The third kappa shape index (κ3) is 3.95. The normalized spacial score (nSPS) is 19.6. The zero-order chi connectivity index (χ0) is 13.7. The second-order valence-corrected chi connectivity index (χ2v) is 6.90. The Morgan fingerprint density at radius 3 is 2.84 bits per heavy atom. The topological polar surface area (TPSA) is 99.0 Å². The lowest BCUT2D eigenvalue weighted by Crippen LogP contribution is -2.29. The number of rotatable bonds is 6. The van der Waals surface area contributed by atoms with E-state index in [1.54, 1.807) is 11.8 Å². The molecule has 0 unspecified atom stereocenters. The highest BCUT2D eigenvalue weighted by Crippen LogP contribution is 2.23. The van der Waals surface area contributed by atoms with E-state index in [1.807, 2.05) is 0 Å². The molecule has 0 aromatic carbocycles. The van der Waals surface area contributed by atoms with Gasteiger partial charge in [0.1, 0.15) is 9.84 Å². The molecule has 1 saturated heterocycles. The molecule has 0 bridgehead atoms. The van der Waals surface area contributed by atoms with Gasteiger partial charge in [-0.05, 0) is 23.3 Å². The molecule has 1 aromatic rings. The molecule has 108 valence electrons. The van der Waals surface area contributed by atoms with Crippen LogP contribution in [0.25, 0.3) is 0 Å². The number of hydrogen-bond donors (Lipinski definition) is 1. The van der Waals surface area contributed by atoms with Crippen molar-refractivity contribution < 1.29 is 13.2 Å². The van der Waals surface area contributed by atoms with Crippen LogP contribution in [0.5, 0.6) is 0 Å². The standard InChI is InChI=1S/C10H19N5O3S/c1-18-5-4-11-8-10-12-13-14-15(10)9-2-6-19(16,17)7-3-9/h9,11H,2-8H2,1H3. The van der Waals surface area contributed by atoms with E-state index in [0.717, 1.165) is 12.4 Å². The van der Waals surface area contributed by atoms with Crippen LogP contribution >= 0.6 is 0 Å². The van der Waals surface area contributed by atoms with Crippen molar-refractivity contribution in [3.63, 3.8) is 0 Å². The van der Waals surface area contributed by atoms with Crippen molar-refractivity contribution in [2.75, 3.05) is 31.8 Å². The first-order valence-corrected chi connectivity index (χ1v) is 8.11. The fourth-order valence-electron chi connectivity index (χ4n) is 2.11. The van der Waals surface area contributed by atoms with E-state index in [-0.39, 0.29) is 17.5 Å². The molecule has 2 rings (SSSR count). The van der Waals surface area contributed by atoms with Gasteiger partial charge in [0.25, 0.3) is 0 Å². The summed E-state index contributed by atoms with van der Waals surface area (Å²) < 4.78 is 29.5. The summed E-state index contributed by atoms with van der Waals surface area (Å²) in [5.41, 5.74) is 0. The van der Waals surface area contributed by atoms with Crippen LogP contribution in [0.3, 0.4) is 0 Å². The summed E-state index contributed by atoms with van der Waals surface area (Å²) in [4.78, 5) is 0. The lowest BCUT2D eigenvalue weighted by molar-refractivity contribution is 0.198. The Kier molecular flexibility index (Phi) is 4.83. The number of sulfone groups is 1. The molecule has 0 aliphatic carbocycles. The Balaban J connectivity index is 1.92. The maximum Gasteiger partial charge on any atom is 0.165 e. The van der Waals surface area contributed by atoms with E-state index in [1.165, 1.54) is 0 Å². The van der Waals surface area contributed by atoms with Crippen LogP contribution in [-0.4, -0.2) is 60.4 Å². The van der Waals surface area contributed by atoms with E-state index in [4.69, 9.17) is 4.74 Å². The van der Waals surface area contributed by atoms with E-state index in [2.05, 4.69) is 20.8 Å². The molecule has 19 heavy (non-hydrogen) atoms. The molecule has 0 saturated carbocycles. The minimum atomic E-state index is -2.86. The highest BCUT2D eigenvalue weighted by atomic mass is 32.2. The molecule has 8 nitrogen and oxygen atoms in total. The average molecular weight is 289 g/mol. The molecule has 1 aliphatic rings. The zero-order valence-corrected chi connectivity index (χ0v) is 11.8. The van der Waals surface area contributed by atoms with Gasteiger partial charge in [-0.2, -0.15) is 0 Å². The van der Waals surface area contributed by atoms with E-state index in [0.29, 0.717) is 26.0 Å². The number of hydrogen-bond acceptors (Lipinski definition) is 7. The monoisotopic (exact) mass is 289 g/mol. The molecule has 0 spiro atoms. The van der Waals surface area contributed by atoms with Gasteiger partial charge < -0.3 is 10.1 Å². The van der Waals surface area contributed by atoms with Crippen LogP contribution in [0, 0.1) is 0 Å². The van der Waals surface area contributed by atoms with Gasteiger partial charge in [0.15, 0.2) is 5.82 Å². The van der Waals surface area contributed by atoms with Crippen molar-refractivity contribution in [2.24, 2.45) is 0 Å². The van der Waals surface area contributed by atoms with Crippen LogP contribution in [0.2, 0.25) is 0 Å². The summed E-state index contributed by atoms with van der Waals surface area (Å²) in [5.74, 6) is 1.17. The van der Waals surface area contributed by atoms with E-state index in [9.17, 15) is 8.42 Å². The molecule has 9 heteroatoms. The summed E-state index contributed by atoms with van der Waals surface area (Å²) in [5, 5.41) is 14.8. The smallest absolute Gasteiger partial charge is 0.165 e. The van der Waals surface area contributed by atoms with Crippen LogP contribution < -0.4 is 5.32 Å². The van der Waals surface area contributed by atoms with E-state index >= 15 is 0 Å². The summed E-state index contributed by atoms with van der Waals surface area (Å²) in [6.45, 7) is 1.91. The second-order valence-electron chi connectivity index (χ2n) is 4.59. The highest BCUT2D eigenvalue weighted by molar-refractivity contribution is 7.91. The lowest BCUT2D eigenvalue weighted by Gasteiger charge is -2.22. The predicted octanol–water partition coefficient (Wildman–Crippen LogP) is -0.841. The minimum Gasteiger partial charge on any atom is -0.383 e. The first-order chi connectivity index (χ1) is 9.12. The van der Waals surface area contributed by atoms with Gasteiger partial charge >= 0.3 is 0 Å². The molecule has 1 aromatic heterocycles.